The molecular formula is C22H28N4S. The molecule has 0 saturated carbocycles. The van der Waals surface area contributed by atoms with Gasteiger partial charge in [-0.15, -0.1) is 11.3 Å². The van der Waals surface area contributed by atoms with Crippen LogP contribution < -0.4 is 5.32 Å². The third-order valence-electron chi connectivity index (χ3n) is 4.69. The fourth-order valence-electron chi connectivity index (χ4n) is 3.17. The van der Waals surface area contributed by atoms with Gasteiger partial charge in [0.25, 0.3) is 0 Å². The third kappa shape index (κ3) is 4.35. The zero-order valence-corrected chi connectivity index (χ0v) is 17.8. The Morgan fingerprint density at radius 2 is 1.56 bits per heavy atom. The maximum absolute atomic E-state index is 4.88. The summed E-state index contributed by atoms with van der Waals surface area (Å²) in [6.07, 6.45) is 5.05. The van der Waals surface area contributed by atoms with Gasteiger partial charge in [0, 0.05) is 23.3 Å². The molecular weight excluding hydrogens is 352 g/mol. The molecule has 0 aliphatic carbocycles. The molecule has 0 bridgehead atoms. The Bertz CT molecular complexity index is 869. The number of aromatic nitrogens is 3. The SMILES string of the molecule is CC(C)c1cc(C(C)C)c(-c2csc(Nc3cnccn3)n2)c(C(C)C)c1. The Labute approximate surface area is 166 Å². The molecule has 0 unspecified atom stereocenters. The van der Waals surface area contributed by atoms with E-state index in [0.717, 1.165) is 10.8 Å². The molecule has 2 aromatic heterocycles. The second-order valence-corrected chi connectivity index (χ2v) is 8.65. The quantitative estimate of drug-likeness (QED) is 0.516. The van der Waals surface area contributed by atoms with Crippen LogP contribution in [0.3, 0.4) is 0 Å². The van der Waals surface area contributed by atoms with Crippen molar-refractivity contribution in [2.45, 2.75) is 59.3 Å². The van der Waals surface area contributed by atoms with E-state index in [4.69, 9.17) is 4.98 Å². The Kier molecular flexibility index (Phi) is 5.90. The number of benzene rings is 1. The first kappa shape index (κ1) is 19.5. The van der Waals surface area contributed by atoms with Gasteiger partial charge in [-0.25, -0.2) is 9.97 Å². The minimum atomic E-state index is 0.439. The maximum Gasteiger partial charge on any atom is 0.188 e. The number of nitrogens with zero attached hydrogens (tertiary/aromatic N) is 3. The van der Waals surface area contributed by atoms with Crippen molar-refractivity contribution in [2.75, 3.05) is 5.32 Å². The second-order valence-electron chi connectivity index (χ2n) is 7.79. The van der Waals surface area contributed by atoms with Crippen LogP contribution in [-0.4, -0.2) is 15.0 Å². The third-order valence-corrected chi connectivity index (χ3v) is 5.45. The Morgan fingerprint density at radius 1 is 0.889 bits per heavy atom. The van der Waals surface area contributed by atoms with Crippen molar-refractivity contribution in [3.63, 3.8) is 0 Å². The number of thiazole rings is 1. The van der Waals surface area contributed by atoms with Crippen molar-refractivity contribution >= 4 is 22.3 Å². The van der Waals surface area contributed by atoms with Gasteiger partial charge in [-0.1, -0.05) is 53.7 Å². The molecule has 0 radical (unpaired) electrons. The summed E-state index contributed by atoms with van der Waals surface area (Å²) in [5.41, 5.74) is 6.48. The predicted octanol–water partition coefficient (Wildman–Crippen LogP) is 6.71. The standard InChI is InChI=1S/C22H28N4S/c1-13(2)16-9-17(14(3)4)21(18(10-16)15(5)6)19-12-27-22(25-19)26-20-11-23-7-8-24-20/h7-15H,1-6H3,(H,24,25,26). The van der Waals surface area contributed by atoms with Crippen LogP contribution in [0, 0.1) is 0 Å². The van der Waals surface area contributed by atoms with Gasteiger partial charge in [-0.3, -0.25) is 4.98 Å². The highest BCUT2D eigenvalue weighted by Crippen LogP contribution is 2.39. The van der Waals surface area contributed by atoms with E-state index in [0.29, 0.717) is 23.6 Å². The lowest BCUT2D eigenvalue weighted by Crippen LogP contribution is -2.04. The molecule has 3 rings (SSSR count). The second kappa shape index (κ2) is 8.17. The van der Waals surface area contributed by atoms with E-state index in [9.17, 15) is 0 Å². The number of hydrogen-bond donors (Lipinski definition) is 1. The minimum absolute atomic E-state index is 0.439. The lowest BCUT2D eigenvalue weighted by molar-refractivity contribution is 0.807. The molecule has 0 saturated heterocycles. The Morgan fingerprint density at radius 3 is 2.07 bits per heavy atom. The highest BCUT2D eigenvalue weighted by atomic mass is 32.1. The van der Waals surface area contributed by atoms with E-state index >= 15 is 0 Å². The summed E-state index contributed by atoms with van der Waals surface area (Å²) in [5.74, 6) is 2.10. The highest BCUT2D eigenvalue weighted by molar-refractivity contribution is 7.14. The van der Waals surface area contributed by atoms with E-state index in [2.05, 4.69) is 74.3 Å². The molecule has 4 nitrogen and oxygen atoms in total. The fraction of sp³-hybridized carbons (Fsp3) is 0.409. The topological polar surface area (TPSA) is 50.7 Å². The molecule has 1 aromatic carbocycles. The molecule has 5 heteroatoms. The van der Waals surface area contributed by atoms with Gasteiger partial charge in [0.15, 0.2) is 10.9 Å². The molecule has 0 amide bonds. The van der Waals surface area contributed by atoms with Crippen molar-refractivity contribution in [1.82, 2.24) is 15.0 Å². The molecule has 0 spiro atoms. The van der Waals surface area contributed by atoms with Crippen LogP contribution in [0.15, 0.2) is 36.1 Å². The summed E-state index contributed by atoms with van der Waals surface area (Å²) in [7, 11) is 0. The van der Waals surface area contributed by atoms with Crippen molar-refractivity contribution in [3.05, 3.63) is 52.8 Å². The lowest BCUT2D eigenvalue weighted by atomic mass is 9.83. The van der Waals surface area contributed by atoms with Gasteiger partial charge >= 0.3 is 0 Å². The largest absolute Gasteiger partial charge is 0.315 e. The molecule has 0 atom stereocenters. The first-order chi connectivity index (χ1) is 12.9. The fourth-order valence-corrected chi connectivity index (χ4v) is 3.88. The summed E-state index contributed by atoms with van der Waals surface area (Å²) in [5, 5.41) is 6.23. The van der Waals surface area contributed by atoms with Crippen molar-refractivity contribution in [3.8, 4) is 11.3 Å². The maximum atomic E-state index is 4.88. The molecule has 142 valence electrons. The van der Waals surface area contributed by atoms with E-state index in [1.807, 2.05) is 0 Å². The number of hydrogen-bond acceptors (Lipinski definition) is 5. The molecule has 0 aliphatic rings. The van der Waals surface area contributed by atoms with Crippen LogP contribution in [0.5, 0.6) is 0 Å². The van der Waals surface area contributed by atoms with Crippen LogP contribution in [0.25, 0.3) is 11.3 Å². The van der Waals surface area contributed by atoms with E-state index in [-0.39, 0.29) is 0 Å². The van der Waals surface area contributed by atoms with E-state index in [1.54, 1.807) is 29.9 Å². The number of nitrogens with one attached hydrogen (secondary N) is 1. The average Bonchev–Trinajstić information content (AvgIpc) is 3.09. The summed E-state index contributed by atoms with van der Waals surface area (Å²) >= 11 is 1.60. The lowest BCUT2D eigenvalue weighted by Gasteiger charge is -2.22. The van der Waals surface area contributed by atoms with Gasteiger partial charge in [0.1, 0.15) is 0 Å². The zero-order chi connectivity index (χ0) is 19.6. The van der Waals surface area contributed by atoms with Crippen LogP contribution in [0.4, 0.5) is 10.9 Å². The van der Waals surface area contributed by atoms with Gasteiger partial charge in [-0.05, 0) is 34.4 Å². The molecule has 0 fully saturated rings. The summed E-state index contributed by atoms with van der Waals surface area (Å²) in [4.78, 5) is 13.2. The van der Waals surface area contributed by atoms with Crippen LogP contribution in [0.2, 0.25) is 0 Å². The minimum Gasteiger partial charge on any atom is -0.315 e. The van der Waals surface area contributed by atoms with Crippen molar-refractivity contribution in [1.29, 1.82) is 0 Å². The Balaban J connectivity index is 2.07. The van der Waals surface area contributed by atoms with Crippen LogP contribution in [0.1, 0.15) is 76.0 Å². The van der Waals surface area contributed by atoms with Gasteiger partial charge < -0.3 is 5.32 Å². The van der Waals surface area contributed by atoms with Gasteiger partial charge in [0.2, 0.25) is 0 Å². The van der Waals surface area contributed by atoms with Crippen LogP contribution >= 0.6 is 11.3 Å². The van der Waals surface area contributed by atoms with Gasteiger partial charge in [-0.2, -0.15) is 0 Å². The predicted molar refractivity (Wildman–Crippen MR) is 115 cm³/mol. The van der Waals surface area contributed by atoms with Crippen molar-refractivity contribution in [2.24, 2.45) is 0 Å². The zero-order valence-electron chi connectivity index (χ0n) is 16.9. The summed E-state index contributed by atoms with van der Waals surface area (Å²) in [6.45, 7) is 13.6. The highest BCUT2D eigenvalue weighted by Gasteiger charge is 2.20. The smallest absolute Gasteiger partial charge is 0.188 e. The average molecular weight is 381 g/mol. The van der Waals surface area contributed by atoms with Gasteiger partial charge in [0.05, 0.1) is 11.9 Å². The first-order valence-electron chi connectivity index (χ1n) is 9.53. The molecule has 3 aromatic rings. The molecule has 2 heterocycles. The van der Waals surface area contributed by atoms with Crippen LogP contribution in [-0.2, 0) is 0 Å². The van der Waals surface area contributed by atoms with Crippen molar-refractivity contribution < 1.29 is 0 Å². The number of rotatable bonds is 6. The normalized spacial score (nSPS) is 11.6. The monoisotopic (exact) mass is 380 g/mol. The summed E-state index contributed by atoms with van der Waals surface area (Å²) in [6, 6.07) is 4.73. The Hall–Kier alpha value is -2.27. The van der Waals surface area contributed by atoms with E-state index < -0.39 is 0 Å². The summed E-state index contributed by atoms with van der Waals surface area (Å²) < 4.78 is 0. The first-order valence-corrected chi connectivity index (χ1v) is 10.4. The number of anilines is 2. The van der Waals surface area contributed by atoms with E-state index in [1.165, 1.54) is 22.3 Å². The molecule has 27 heavy (non-hydrogen) atoms. The molecule has 1 N–H and O–H groups in total. The molecule has 0 aliphatic heterocycles.